The molecule has 0 aliphatic carbocycles. The molecular weight excluding hydrogens is 314 g/mol. The zero-order valence-corrected chi connectivity index (χ0v) is 13.2. The van der Waals surface area contributed by atoms with Gasteiger partial charge in [-0.3, -0.25) is 4.98 Å². The molecule has 0 aliphatic rings. The third-order valence-corrected chi connectivity index (χ3v) is 4.08. The largest absolute Gasteiger partial charge is 0.256 e. The molecule has 25 heavy (non-hydrogen) atoms. The van der Waals surface area contributed by atoms with Gasteiger partial charge in [0.05, 0.1) is 12.1 Å². The molecule has 4 heterocycles. The van der Waals surface area contributed by atoms with Gasteiger partial charge in [-0.15, -0.1) is 5.10 Å². The SMILES string of the molecule is c1cnc2ccc(Cn3nnc4ccc(-n5cccn5)nc43)cc2c1. The summed E-state index contributed by atoms with van der Waals surface area (Å²) in [6.07, 6.45) is 5.39. The van der Waals surface area contributed by atoms with Crippen LogP contribution in [-0.4, -0.2) is 34.7 Å². The Balaban J connectivity index is 1.56. The van der Waals surface area contributed by atoms with Crippen molar-refractivity contribution in [3.05, 3.63) is 72.7 Å². The van der Waals surface area contributed by atoms with E-state index in [0.717, 1.165) is 33.4 Å². The third-order valence-electron chi connectivity index (χ3n) is 4.08. The van der Waals surface area contributed by atoms with Crippen molar-refractivity contribution in [2.45, 2.75) is 6.54 Å². The summed E-state index contributed by atoms with van der Waals surface area (Å²) in [6.45, 7) is 0.594. The number of pyridine rings is 2. The molecule has 7 heteroatoms. The molecule has 0 fully saturated rings. The molecule has 1 aromatic carbocycles. The van der Waals surface area contributed by atoms with Crippen molar-refractivity contribution >= 4 is 22.1 Å². The lowest BCUT2D eigenvalue weighted by Crippen LogP contribution is -2.05. The van der Waals surface area contributed by atoms with E-state index < -0.39 is 0 Å². The van der Waals surface area contributed by atoms with Crippen LogP contribution in [0.3, 0.4) is 0 Å². The number of fused-ring (bicyclic) bond motifs is 2. The average Bonchev–Trinajstić information content (AvgIpc) is 3.32. The molecule has 0 bridgehead atoms. The topological polar surface area (TPSA) is 74.3 Å². The Morgan fingerprint density at radius 1 is 0.920 bits per heavy atom. The van der Waals surface area contributed by atoms with Crippen LogP contribution in [0.1, 0.15) is 5.56 Å². The molecule has 5 rings (SSSR count). The smallest absolute Gasteiger partial charge is 0.180 e. The van der Waals surface area contributed by atoms with Crippen molar-refractivity contribution in [3.63, 3.8) is 0 Å². The van der Waals surface area contributed by atoms with Gasteiger partial charge in [0.15, 0.2) is 11.5 Å². The van der Waals surface area contributed by atoms with E-state index in [-0.39, 0.29) is 0 Å². The van der Waals surface area contributed by atoms with E-state index in [1.807, 2.05) is 36.5 Å². The summed E-state index contributed by atoms with van der Waals surface area (Å²) >= 11 is 0. The second-order valence-electron chi connectivity index (χ2n) is 5.74. The molecule has 0 radical (unpaired) electrons. The highest BCUT2D eigenvalue weighted by molar-refractivity contribution is 5.79. The standard InChI is InChI=1S/C18H13N7/c1-3-14-11-13(4-5-15(14)19-8-1)12-25-18-16(22-23-25)6-7-17(21-18)24-10-2-9-20-24/h1-11H,12H2. The molecule has 0 saturated carbocycles. The van der Waals surface area contributed by atoms with Gasteiger partial charge in [0.1, 0.15) is 5.52 Å². The maximum Gasteiger partial charge on any atom is 0.180 e. The van der Waals surface area contributed by atoms with Crippen molar-refractivity contribution in [1.29, 1.82) is 0 Å². The van der Waals surface area contributed by atoms with E-state index in [0.29, 0.717) is 6.54 Å². The van der Waals surface area contributed by atoms with Crippen molar-refractivity contribution < 1.29 is 0 Å². The minimum absolute atomic E-state index is 0.594. The Morgan fingerprint density at radius 2 is 1.88 bits per heavy atom. The molecule has 0 saturated heterocycles. The third kappa shape index (κ3) is 2.42. The minimum Gasteiger partial charge on any atom is -0.256 e. The predicted molar refractivity (Wildman–Crippen MR) is 93.3 cm³/mol. The van der Waals surface area contributed by atoms with Gasteiger partial charge in [-0.25, -0.2) is 14.3 Å². The Kier molecular flexibility index (Phi) is 3.03. The molecule has 120 valence electrons. The summed E-state index contributed by atoms with van der Waals surface area (Å²) in [5.74, 6) is 0.740. The van der Waals surface area contributed by atoms with E-state index in [1.54, 1.807) is 21.8 Å². The highest BCUT2D eigenvalue weighted by atomic mass is 15.4. The van der Waals surface area contributed by atoms with Crippen LogP contribution in [0, 0.1) is 0 Å². The van der Waals surface area contributed by atoms with E-state index >= 15 is 0 Å². The molecule has 0 unspecified atom stereocenters. The van der Waals surface area contributed by atoms with Gasteiger partial charge in [-0.1, -0.05) is 17.3 Å². The van der Waals surface area contributed by atoms with Crippen molar-refractivity contribution in [2.75, 3.05) is 0 Å². The zero-order chi connectivity index (χ0) is 16.6. The van der Waals surface area contributed by atoms with Crippen LogP contribution < -0.4 is 0 Å². The van der Waals surface area contributed by atoms with Crippen LogP contribution >= 0.6 is 0 Å². The number of rotatable bonds is 3. The molecule has 7 nitrogen and oxygen atoms in total. The lowest BCUT2D eigenvalue weighted by Gasteiger charge is -2.05. The summed E-state index contributed by atoms with van der Waals surface area (Å²) in [5.41, 5.74) is 3.60. The lowest BCUT2D eigenvalue weighted by atomic mass is 10.1. The van der Waals surface area contributed by atoms with E-state index in [4.69, 9.17) is 0 Å². The van der Waals surface area contributed by atoms with Crippen LogP contribution in [-0.2, 0) is 6.54 Å². The number of hydrogen-bond acceptors (Lipinski definition) is 5. The zero-order valence-electron chi connectivity index (χ0n) is 13.2. The molecule has 0 aliphatic heterocycles. The molecule has 0 atom stereocenters. The monoisotopic (exact) mass is 327 g/mol. The van der Waals surface area contributed by atoms with Crippen LogP contribution in [0.5, 0.6) is 0 Å². The fourth-order valence-corrected chi connectivity index (χ4v) is 2.88. The van der Waals surface area contributed by atoms with Crippen LogP contribution in [0.15, 0.2) is 67.1 Å². The lowest BCUT2D eigenvalue weighted by molar-refractivity contribution is 0.663. The first-order valence-electron chi connectivity index (χ1n) is 7.91. The van der Waals surface area contributed by atoms with Gasteiger partial charge in [0, 0.05) is 24.0 Å². The van der Waals surface area contributed by atoms with E-state index in [2.05, 4.69) is 43.6 Å². The fourth-order valence-electron chi connectivity index (χ4n) is 2.88. The molecule has 0 N–H and O–H groups in total. The van der Waals surface area contributed by atoms with Crippen LogP contribution in [0.2, 0.25) is 0 Å². The number of hydrogen-bond donors (Lipinski definition) is 0. The first-order valence-corrected chi connectivity index (χ1v) is 7.91. The van der Waals surface area contributed by atoms with Crippen molar-refractivity contribution in [2.24, 2.45) is 0 Å². The Morgan fingerprint density at radius 3 is 2.80 bits per heavy atom. The van der Waals surface area contributed by atoms with Gasteiger partial charge in [0.25, 0.3) is 0 Å². The first kappa shape index (κ1) is 13.8. The summed E-state index contributed by atoms with van der Waals surface area (Å²) < 4.78 is 3.53. The first-order chi connectivity index (χ1) is 12.4. The van der Waals surface area contributed by atoms with Gasteiger partial charge in [-0.05, 0) is 42.0 Å². The quantitative estimate of drug-likeness (QED) is 0.509. The number of benzene rings is 1. The minimum atomic E-state index is 0.594. The van der Waals surface area contributed by atoms with E-state index in [9.17, 15) is 0 Å². The van der Waals surface area contributed by atoms with Crippen LogP contribution in [0.4, 0.5) is 0 Å². The molecular formula is C18H13N7. The maximum absolute atomic E-state index is 4.66. The van der Waals surface area contributed by atoms with Gasteiger partial charge >= 0.3 is 0 Å². The average molecular weight is 327 g/mol. The van der Waals surface area contributed by atoms with Gasteiger partial charge in [0.2, 0.25) is 0 Å². The summed E-state index contributed by atoms with van der Waals surface area (Å²) in [6, 6.07) is 15.8. The summed E-state index contributed by atoms with van der Waals surface area (Å²) in [7, 11) is 0. The summed E-state index contributed by atoms with van der Waals surface area (Å²) in [5, 5.41) is 13.8. The van der Waals surface area contributed by atoms with Gasteiger partial charge < -0.3 is 0 Å². The van der Waals surface area contributed by atoms with E-state index in [1.165, 1.54) is 0 Å². The second-order valence-corrected chi connectivity index (χ2v) is 5.74. The predicted octanol–water partition coefficient (Wildman–Crippen LogP) is 2.61. The maximum atomic E-state index is 4.66. The highest BCUT2D eigenvalue weighted by Crippen LogP contribution is 2.17. The molecule has 0 spiro atoms. The molecule has 5 aromatic rings. The molecule has 4 aromatic heterocycles. The Hall–Kier alpha value is -3.61. The number of nitrogens with zero attached hydrogens (tertiary/aromatic N) is 7. The number of aromatic nitrogens is 7. The Bertz CT molecular complexity index is 1170. The Labute approximate surface area is 142 Å². The fraction of sp³-hybridized carbons (Fsp3) is 0.0556. The summed E-state index contributed by atoms with van der Waals surface area (Å²) in [4.78, 5) is 9.01. The normalized spacial score (nSPS) is 11.4. The highest BCUT2D eigenvalue weighted by Gasteiger charge is 2.09. The molecule has 0 amide bonds. The van der Waals surface area contributed by atoms with Crippen molar-refractivity contribution in [3.8, 4) is 5.82 Å². The van der Waals surface area contributed by atoms with Crippen molar-refractivity contribution in [1.82, 2.24) is 34.7 Å². The van der Waals surface area contributed by atoms with Gasteiger partial charge in [-0.2, -0.15) is 5.10 Å². The van der Waals surface area contributed by atoms with Crippen LogP contribution in [0.25, 0.3) is 27.9 Å². The second kappa shape index (κ2) is 5.48.